The highest BCUT2D eigenvalue weighted by Gasteiger charge is 2.25. The van der Waals surface area contributed by atoms with Gasteiger partial charge < -0.3 is 9.88 Å². The average molecular weight is 411 g/mol. The summed E-state index contributed by atoms with van der Waals surface area (Å²) in [7, 11) is 0. The molecular formula is C23H30N4OS. The lowest BCUT2D eigenvalue weighted by atomic mass is 9.95. The SMILES string of the molecule is Cc1nc(CN2CCC(C(=O)Nc3ccc4c(ccn4CC(C)C)c3)CC2)cs1. The van der Waals surface area contributed by atoms with E-state index in [9.17, 15) is 4.79 Å². The third-order valence-electron chi connectivity index (χ3n) is 5.61. The summed E-state index contributed by atoms with van der Waals surface area (Å²) in [4.78, 5) is 19.7. The number of fused-ring (bicyclic) bond motifs is 1. The van der Waals surface area contributed by atoms with Crippen molar-refractivity contribution in [1.29, 1.82) is 0 Å². The summed E-state index contributed by atoms with van der Waals surface area (Å²) < 4.78 is 2.28. The molecule has 154 valence electrons. The van der Waals surface area contributed by atoms with Gasteiger partial charge in [-0.1, -0.05) is 13.8 Å². The van der Waals surface area contributed by atoms with Crippen LogP contribution < -0.4 is 5.32 Å². The molecule has 0 unspecified atom stereocenters. The van der Waals surface area contributed by atoms with Gasteiger partial charge >= 0.3 is 0 Å². The second kappa shape index (κ2) is 8.67. The molecule has 1 amide bonds. The molecule has 3 aromatic rings. The number of amides is 1. The van der Waals surface area contributed by atoms with Crippen molar-refractivity contribution in [3.63, 3.8) is 0 Å². The van der Waals surface area contributed by atoms with E-state index < -0.39 is 0 Å². The van der Waals surface area contributed by atoms with Gasteiger partial charge in [0.25, 0.3) is 0 Å². The monoisotopic (exact) mass is 410 g/mol. The number of likely N-dealkylation sites (tertiary alicyclic amines) is 1. The molecule has 0 bridgehead atoms. The first-order valence-electron chi connectivity index (χ1n) is 10.5. The molecule has 0 atom stereocenters. The van der Waals surface area contributed by atoms with Gasteiger partial charge in [0.15, 0.2) is 0 Å². The van der Waals surface area contributed by atoms with Crippen LogP contribution in [0.5, 0.6) is 0 Å². The number of thiazole rings is 1. The second-order valence-corrected chi connectivity index (χ2v) is 9.60. The summed E-state index contributed by atoms with van der Waals surface area (Å²) in [5, 5.41) is 7.58. The number of carbonyl (C=O) groups is 1. The largest absolute Gasteiger partial charge is 0.347 e. The molecule has 3 heterocycles. The molecule has 0 spiro atoms. The lowest BCUT2D eigenvalue weighted by Gasteiger charge is -2.30. The lowest BCUT2D eigenvalue weighted by molar-refractivity contribution is -0.121. The molecule has 1 saturated heterocycles. The predicted octanol–water partition coefficient (Wildman–Crippen LogP) is 4.91. The standard InChI is InChI=1S/C23H30N4OS/c1-16(2)13-27-11-8-19-12-20(4-5-22(19)27)25-23(28)18-6-9-26(10-7-18)14-21-15-29-17(3)24-21/h4-5,8,11-12,15-16,18H,6-7,9-10,13-14H2,1-3H3,(H,25,28). The van der Waals surface area contributed by atoms with Crippen LogP contribution in [0.1, 0.15) is 37.4 Å². The number of benzene rings is 1. The first kappa shape index (κ1) is 20.1. The van der Waals surface area contributed by atoms with Crippen LogP contribution in [-0.4, -0.2) is 33.4 Å². The van der Waals surface area contributed by atoms with Crippen molar-refractivity contribution in [3.8, 4) is 0 Å². The Kier molecular flexibility index (Phi) is 6.01. The summed E-state index contributed by atoms with van der Waals surface area (Å²) in [5.41, 5.74) is 3.26. The smallest absolute Gasteiger partial charge is 0.227 e. The highest BCUT2D eigenvalue weighted by atomic mass is 32.1. The van der Waals surface area contributed by atoms with E-state index in [1.807, 2.05) is 13.0 Å². The highest BCUT2D eigenvalue weighted by molar-refractivity contribution is 7.09. The van der Waals surface area contributed by atoms with Gasteiger partial charge in [0.05, 0.1) is 10.7 Å². The Morgan fingerprint density at radius 3 is 2.76 bits per heavy atom. The average Bonchev–Trinajstić information content (AvgIpc) is 3.27. The van der Waals surface area contributed by atoms with E-state index in [0.717, 1.165) is 55.4 Å². The van der Waals surface area contributed by atoms with Crippen LogP contribution in [-0.2, 0) is 17.9 Å². The van der Waals surface area contributed by atoms with Crippen LogP contribution in [0.25, 0.3) is 10.9 Å². The van der Waals surface area contributed by atoms with Crippen molar-refractivity contribution in [1.82, 2.24) is 14.5 Å². The summed E-state index contributed by atoms with van der Waals surface area (Å²) in [5.74, 6) is 0.843. The molecule has 1 aliphatic rings. The Balaban J connectivity index is 1.32. The van der Waals surface area contributed by atoms with Crippen molar-refractivity contribution >= 4 is 33.8 Å². The van der Waals surface area contributed by atoms with Crippen LogP contribution in [0.3, 0.4) is 0 Å². The molecule has 1 fully saturated rings. The van der Waals surface area contributed by atoms with Gasteiger partial charge in [-0.25, -0.2) is 4.98 Å². The Morgan fingerprint density at radius 2 is 2.07 bits per heavy atom. The Labute approximate surface area is 176 Å². The third kappa shape index (κ3) is 4.87. The van der Waals surface area contributed by atoms with Gasteiger partial charge in [0.2, 0.25) is 5.91 Å². The first-order valence-corrected chi connectivity index (χ1v) is 11.4. The van der Waals surface area contributed by atoms with E-state index in [4.69, 9.17) is 0 Å². The Hall–Kier alpha value is -2.18. The van der Waals surface area contributed by atoms with Crippen LogP contribution in [0.4, 0.5) is 5.69 Å². The third-order valence-corrected chi connectivity index (χ3v) is 6.43. The lowest BCUT2D eigenvalue weighted by Crippen LogP contribution is -2.37. The minimum absolute atomic E-state index is 0.0876. The maximum absolute atomic E-state index is 12.8. The highest BCUT2D eigenvalue weighted by Crippen LogP contribution is 2.24. The molecule has 2 aromatic heterocycles. The molecule has 4 rings (SSSR count). The summed E-state index contributed by atoms with van der Waals surface area (Å²) in [6, 6.07) is 8.36. The van der Waals surface area contributed by atoms with E-state index in [2.05, 4.69) is 63.4 Å². The summed E-state index contributed by atoms with van der Waals surface area (Å²) >= 11 is 1.70. The molecule has 1 aromatic carbocycles. The van der Waals surface area contributed by atoms with Crippen LogP contribution in [0, 0.1) is 18.8 Å². The van der Waals surface area contributed by atoms with Crippen molar-refractivity contribution in [2.24, 2.45) is 11.8 Å². The fraction of sp³-hybridized carbons (Fsp3) is 0.478. The minimum Gasteiger partial charge on any atom is -0.347 e. The maximum atomic E-state index is 12.8. The number of rotatable bonds is 6. The van der Waals surface area contributed by atoms with Gasteiger partial charge in [-0.3, -0.25) is 9.69 Å². The van der Waals surface area contributed by atoms with Crippen molar-refractivity contribution in [2.75, 3.05) is 18.4 Å². The topological polar surface area (TPSA) is 50.2 Å². The Morgan fingerprint density at radius 1 is 1.28 bits per heavy atom. The van der Waals surface area contributed by atoms with Crippen molar-refractivity contribution in [2.45, 2.75) is 46.7 Å². The van der Waals surface area contributed by atoms with E-state index in [0.29, 0.717) is 5.92 Å². The van der Waals surface area contributed by atoms with Crippen LogP contribution >= 0.6 is 11.3 Å². The number of aromatic nitrogens is 2. The normalized spacial score (nSPS) is 16.0. The minimum atomic E-state index is 0.0876. The molecule has 1 N–H and O–H groups in total. The zero-order valence-corrected chi connectivity index (χ0v) is 18.3. The number of nitrogens with zero attached hydrogens (tertiary/aromatic N) is 3. The Bertz CT molecular complexity index is 982. The van der Waals surface area contributed by atoms with Gasteiger partial charge in [0, 0.05) is 47.2 Å². The van der Waals surface area contributed by atoms with Gasteiger partial charge in [-0.15, -0.1) is 11.3 Å². The van der Waals surface area contributed by atoms with E-state index in [1.165, 1.54) is 10.9 Å². The quantitative estimate of drug-likeness (QED) is 0.628. The number of nitrogens with one attached hydrogen (secondary N) is 1. The first-order chi connectivity index (χ1) is 14.0. The molecule has 5 nitrogen and oxygen atoms in total. The van der Waals surface area contributed by atoms with E-state index >= 15 is 0 Å². The van der Waals surface area contributed by atoms with Crippen molar-refractivity contribution < 1.29 is 4.79 Å². The number of aryl methyl sites for hydroxylation is 1. The number of hydrogen-bond donors (Lipinski definition) is 1. The molecule has 0 saturated carbocycles. The van der Waals surface area contributed by atoms with E-state index in [1.54, 1.807) is 11.3 Å². The molecule has 6 heteroatoms. The zero-order valence-electron chi connectivity index (χ0n) is 17.5. The fourth-order valence-electron chi connectivity index (χ4n) is 4.14. The van der Waals surface area contributed by atoms with Crippen LogP contribution in [0.2, 0.25) is 0 Å². The maximum Gasteiger partial charge on any atom is 0.227 e. The molecule has 1 aliphatic heterocycles. The second-order valence-electron chi connectivity index (χ2n) is 8.53. The summed E-state index contributed by atoms with van der Waals surface area (Å²) in [6.07, 6.45) is 3.94. The number of piperidine rings is 1. The van der Waals surface area contributed by atoms with Crippen molar-refractivity contribution in [3.05, 3.63) is 46.5 Å². The fourth-order valence-corrected chi connectivity index (χ4v) is 4.74. The number of hydrogen-bond acceptors (Lipinski definition) is 4. The molecule has 0 aliphatic carbocycles. The summed E-state index contributed by atoms with van der Waals surface area (Å²) in [6.45, 7) is 10.3. The van der Waals surface area contributed by atoms with E-state index in [-0.39, 0.29) is 11.8 Å². The number of carbonyl (C=O) groups excluding carboxylic acids is 1. The number of anilines is 1. The molecule has 29 heavy (non-hydrogen) atoms. The van der Waals surface area contributed by atoms with Gasteiger partial charge in [-0.2, -0.15) is 0 Å². The predicted molar refractivity (Wildman–Crippen MR) is 120 cm³/mol. The molecule has 0 radical (unpaired) electrons. The molecular weight excluding hydrogens is 380 g/mol. The van der Waals surface area contributed by atoms with Crippen LogP contribution in [0.15, 0.2) is 35.8 Å². The van der Waals surface area contributed by atoms with Gasteiger partial charge in [-0.05, 0) is 63.0 Å². The van der Waals surface area contributed by atoms with Gasteiger partial charge in [0.1, 0.15) is 0 Å². The zero-order chi connectivity index (χ0) is 20.4.